The van der Waals surface area contributed by atoms with Crippen molar-refractivity contribution in [1.82, 2.24) is 0 Å². The third-order valence-corrected chi connectivity index (χ3v) is 9.17. The summed E-state index contributed by atoms with van der Waals surface area (Å²) in [5.41, 5.74) is -1.91. The summed E-state index contributed by atoms with van der Waals surface area (Å²) in [6.07, 6.45) is 0.443. The minimum atomic E-state index is -4.24. The van der Waals surface area contributed by atoms with Crippen LogP contribution in [0.25, 0.3) is 5.76 Å². The van der Waals surface area contributed by atoms with Crippen molar-refractivity contribution >= 4 is 27.4 Å². The lowest BCUT2D eigenvalue weighted by Gasteiger charge is -2.50. The molecule has 0 amide bonds. The summed E-state index contributed by atoms with van der Waals surface area (Å²) >= 11 is 0. The minimum absolute atomic E-state index is 0.0520. The van der Waals surface area contributed by atoms with Gasteiger partial charge in [-0.05, 0) is 55.4 Å². The van der Waals surface area contributed by atoms with Gasteiger partial charge < -0.3 is 19.5 Å². The van der Waals surface area contributed by atoms with Crippen LogP contribution in [0.15, 0.2) is 70.3 Å². The van der Waals surface area contributed by atoms with Crippen molar-refractivity contribution in [1.29, 1.82) is 0 Å². The topological polar surface area (TPSA) is 138 Å². The number of ketones is 2. The molecule has 9 heteroatoms. The van der Waals surface area contributed by atoms with Gasteiger partial charge in [0, 0.05) is 23.0 Å². The average Bonchev–Trinajstić information content (AvgIpc) is 2.85. The van der Waals surface area contributed by atoms with E-state index in [1.165, 1.54) is 25.1 Å². The molecule has 0 radical (unpaired) electrons. The van der Waals surface area contributed by atoms with Gasteiger partial charge in [0.2, 0.25) is 5.78 Å². The van der Waals surface area contributed by atoms with Gasteiger partial charge in [0.05, 0.1) is 5.56 Å². The van der Waals surface area contributed by atoms with Crippen LogP contribution in [0.3, 0.4) is 0 Å². The SMILES string of the molecule is CC1=C(O)C2(O)C(=O)C3=C(O)c4c(cccc4OS(=O)(=O)c4ccccc4)CC3CC2C(C(C)C)C1=O. The number of allylic oxidation sites excluding steroid dienone is 1. The van der Waals surface area contributed by atoms with Gasteiger partial charge in [0.25, 0.3) is 0 Å². The molecule has 0 bridgehead atoms. The third-order valence-electron chi connectivity index (χ3n) is 7.92. The zero-order valence-corrected chi connectivity index (χ0v) is 21.5. The fourth-order valence-electron chi connectivity index (χ4n) is 6.17. The molecule has 0 aliphatic heterocycles. The van der Waals surface area contributed by atoms with E-state index in [0.29, 0.717) is 5.56 Å². The largest absolute Gasteiger partial charge is 0.508 e. The van der Waals surface area contributed by atoms with Gasteiger partial charge in [0.15, 0.2) is 17.1 Å². The minimum Gasteiger partial charge on any atom is -0.508 e. The molecule has 4 atom stereocenters. The van der Waals surface area contributed by atoms with Crippen LogP contribution in [0.4, 0.5) is 0 Å². The van der Waals surface area contributed by atoms with Gasteiger partial charge in [-0.1, -0.05) is 44.2 Å². The van der Waals surface area contributed by atoms with E-state index >= 15 is 0 Å². The maximum absolute atomic E-state index is 13.9. The Kier molecular flexibility index (Phi) is 5.84. The smallest absolute Gasteiger partial charge is 0.339 e. The molecule has 2 aromatic rings. The second kappa shape index (κ2) is 8.56. The second-order valence-corrected chi connectivity index (χ2v) is 11.9. The first-order chi connectivity index (χ1) is 17.4. The predicted molar refractivity (Wildman–Crippen MR) is 134 cm³/mol. The highest BCUT2D eigenvalue weighted by atomic mass is 32.2. The highest BCUT2D eigenvalue weighted by Crippen LogP contribution is 2.54. The molecule has 3 aliphatic rings. The van der Waals surface area contributed by atoms with Crippen molar-refractivity contribution in [3.05, 3.63) is 76.6 Å². The highest BCUT2D eigenvalue weighted by Gasteiger charge is 2.62. The molecule has 37 heavy (non-hydrogen) atoms. The Hall–Kier alpha value is -3.43. The molecule has 5 rings (SSSR count). The molecule has 1 fully saturated rings. The third kappa shape index (κ3) is 3.63. The van der Waals surface area contributed by atoms with E-state index in [-0.39, 0.29) is 51.9 Å². The molecule has 0 heterocycles. The lowest BCUT2D eigenvalue weighted by atomic mass is 9.54. The number of hydrogen-bond acceptors (Lipinski definition) is 8. The van der Waals surface area contributed by atoms with Crippen LogP contribution < -0.4 is 4.18 Å². The molecule has 3 aliphatic carbocycles. The van der Waals surface area contributed by atoms with Crippen molar-refractivity contribution < 1.29 is 37.5 Å². The maximum atomic E-state index is 13.9. The van der Waals surface area contributed by atoms with Crippen molar-refractivity contribution in [2.24, 2.45) is 23.7 Å². The molecular formula is C28H28O8S. The lowest BCUT2D eigenvalue weighted by molar-refractivity contribution is -0.154. The molecule has 1 saturated carbocycles. The summed E-state index contributed by atoms with van der Waals surface area (Å²) in [7, 11) is -4.24. The molecule has 194 valence electrons. The Morgan fingerprint density at radius 2 is 1.70 bits per heavy atom. The number of hydrogen-bond donors (Lipinski definition) is 3. The van der Waals surface area contributed by atoms with Crippen molar-refractivity contribution in [2.45, 2.75) is 44.1 Å². The number of aliphatic hydroxyl groups is 3. The number of aliphatic hydroxyl groups excluding tert-OH is 2. The first-order valence-corrected chi connectivity index (χ1v) is 13.6. The van der Waals surface area contributed by atoms with E-state index in [2.05, 4.69) is 0 Å². The van der Waals surface area contributed by atoms with E-state index in [1.54, 1.807) is 30.3 Å². The summed E-state index contributed by atoms with van der Waals surface area (Å²) in [5, 5.41) is 33.9. The summed E-state index contributed by atoms with van der Waals surface area (Å²) in [4.78, 5) is 26.8. The van der Waals surface area contributed by atoms with E-state index in [1.807, 2.05) is 13.8 Å². The van der Waals surface area contributed by atoms with Gasteiger partial charge in [-0.2, -0.15) is 8.42 Å². The molecule has 2 aromatic carbocycles. The Balaban J connectivity index is 1.64. The van der Waals surface area contributed by atoms with Crippen LogP contribution >= 0.6 is 0 Å². The van der Waals surface area contributed by atoms with Crippen LogP contribution in [-0.4, -0.2) is 40.9 Å². The number of carbonyl (C=O) groups excluding carboxylic acids is 2. The number of rotatable bonds is 4. The fourth-order valence-corrected chi connectivity index (χ4v) is 7.13. The molecule has 4 unspecified atom stereocenters. The van der Waals surface area contributed by atoms with E-state index in [4.69, 9.17) is 4.18 Å². The molecular weight excluding hydrogens is 496 g/mol. The average molecular weight is 525 g/mol. The summed E-state index contributed by atoms with van der Waals surface area (Å²) < 4.78 is 31.2. The molecule has 0 saturated heterocycles. The summed E-state index contributed by atoms with van der Waals surface area (Å²) in [6.45, 7) is 5.04. The number of fused-ring (bicyclic) bond motifs is 3. The number of benzene rings is 2. The summed E-state index contributed by atoms with van der Waals surface area (Å²) in [6, 6.07) is 12.2. The van der Waals surface area contributed by atoms with Gasteiger partial charge in [0.1, 0.15) is 16.4 Å². The van der Waals surface area contributed by atoms with Crippen molar-refractivity contribution in [3.8, 4) is 5.75 Å². The zero-order chi connectivity index (χ0) is 26.9. The quantitative estimate of drug-likeness (QED) is 0.512. The molecule has 8 nitrogen and oxygen atoms in total. The first kappa shape index (κ1) is 25.2. The van der Waals surface area contributed by atoms with E-state index in [0.717, 1.165) is 0 Å². The van der Waals surface area contributed by atoms with Crippen LogP contribution in [0, 0.1) is 23.7 Å². The Morgan fingerprint density at radius 1 is 1.03 bits per heavy atom. The fraction of sp³-hybridized carbons (Fsp3) is 0.357. The lowest BCUT2D eigenvalue weighted by Crippen LogP contribution is -2.61. The number of Topliss-reactive ketones (excluding diaryl/α,β-unsaturated/α-hetero) is 2. The Labute approximate surface area is 215 Å². The van der Waals surface area contributed by atoms with Gasteiger partial charge in [-0.25, -0.2) is 0 Å². The van der Waals surface area contributed by atoms with Crippen LogP contribution in [0.2, 0.25) is 0 Å². The molecule has 0 spiro atoms. The van der Waals surface area contributed by atoms with E-state index in [9.17, 15) is 33.3 Å². The van der Waals surface area contributed by atoms with Gasteiger partial charge >= 0.3 is 10.1 Å². The Morgan fingerprint density at radius 3 is 2.35 bits per heavy atom. The first-order valence-electron chi connectivity index (χ1n) is 12.2. The number of carbonyl (C=O) groups is 2. The summed E-state index contributed by atoms with van der Waals surface area (Å²) in [5.74, 6) is -4.79. The highest BCUT2D eigenvalue weighted by molar-refractivity contribution is 7.87. The maximum Gasteiger partial charge on any atom is 0.339 e. The van der Waals surface area contributed by atoms with E-state index < -0.39 is 50.8 Å². The van der Waals surface area contributed by atoms with Crippen LogP contribution in [0.5, 0.6) is 5.75 Å². The molecule has 0 aromatic heterocycles. The van der Waals surface area contributed by atoms with Crippen molar-refractivity contribution in [3.63, 3.8) is 0 Å². The second-order valence-electron chi connectivity index (χ2n) is 10.3. The zero-order valence-electron chi connectivity index (χ0n) is 20.6. The predicted octanol–water partition coefficient (Wildman–Crippen LogP) is 3.90. The normalized spacial score (nSPS) is 27.6. The van der Waals surface area contributed by atoms with Crippen molar-refractivity contribution in [2.75, 3.05) is 0 Å². The monoisotopic (exact) mass is 524 g/mol. The Bertz CT molecular complexity index is 1490. The standard InChI is InChI=1S/C28H28O8S/c1-14(2)21-19-13-17-12-16-8-7-11-20(36-37(34,35)18-9-5-4-6-10-18)22(16)25(30)23(17)27(32)28(19,33)26(31)15(3)24(21)29/h4-11,14,17,19,21,30-31,33H,12-13H2,1-3H3. The van der Waals surface area contributed by atoms with Crippen LogP contribution in [-0.2, 0) is 26.1 Å². The molecule has 3 N–H and O–H groups in total. The van der Waals surface area contributed by atoms with Gasteiger partial charge in [-0.3, -0.25) is 9.59 Å². The van der Waals surface area contributed by atoms with Gasteiger partial charge in [-0.15, -0.1) is 0 Å². The van der Waals surface area contributed by atoms with Crippen LogP contribution in [0.1, 0.15) is 38.3 Å².